The van der Waals surface area contributed by atoms with Crippen molar-refractivity contribution in [3.05, 3.63) is 0 Å². The van der Waals surface area contributed by atoms with Gasteiger partial charge in [0, 0.05) is 12.8 Å². The molecule has 1 atom stereocenters. The lowest BCUT2D eigenvalue weighted by Gasteiger charge is -2.30. The topological polar surface area (TPSA) is 38.3 Å². The minimum atomic E-state index is 0.0568. The Balaban J connectivity index is 1.79. The first-order valence-electron chi connectivity index (χ1n) is 11.8. The van der Waals surface area contributed by atoms with Gasteiger partial charge in [0.1, 0.15) is 0 Å². The SMILES string of the molecule is CCCCCCCCCCCCCCCCONC(=O)C1CCC[N+]1(C)C. The first-order chi connectivity index (χ1) is 13.1. The van der Waals surface area contributed by atoms with Gasteiger partial charge in [-0.3, -0.25) is 9.63 Å². The van der Waals surface area contributed by atoms with Crippen molar-refractivity contribution < 1.29 is 14.1 Å². The molecule has 1 fully saturated rings. The molecule has 0 radical (unpaired) electrons. The van der Waals surface area contributed by atoms with Crippen molar-refractivity contribution in [3.63, 3.8) is 0 Å². The zero-order valence-corrected chi connectivity index (χ0v) is 18.6. The smallest absolute Gasteiger partial charge is 0.301 e. The summed E-state index contributed by atoms with van der Waals surface area (Å²) >= 11 is 0. The number of quaternary nitrogens is 1. The third-order valence-corrected chi connectivity index (χ3v) is 6.13. The van der Waals surface area contributed by atoms with E-state index in [4.69, 9.17) is 4.84 Å². The zero-order chi connectivity index (χ0) is 19.8. The van der Waals surface area contributed by atoms with Gasteiger partial charge in [-0.1, -0.05) is 90.4 Å². The van der Waals surface area contributed by atoms with Crippen molar-refractivity contribution in [3.8, 4) is 0 Å². The average molecular weight is 384 g/mol. The van der Waals surface area contributed by atoms with E-state index in [0.717, 1.165) is 30.3 Å². The molecule has 1 heterocycles. The summed E-state index contributed by atoms with van der Waals surface area (Å²) in [5.41, 5.74) is 2.67. The molecule has 4 heteroatoms. The van der Waals surface area contributed by atoms with E-state index < -0.39 is 0 Å². The molecule has 1 saturated heterocycles. The number of hydroxylamine groups is 1. The maximum absolute atomic E-state index is 12.2. The Morgan fingerprint density at radius 2 is 1.33 bits per heavy atom. The molecule has 27 heavy (non-hydrogen) atoms. The third kappa shape index (κ3) is 11.7. The van der Waals surface area contributed by atoms with Crippen molar-refractivity contribution in [2.75, 3.05) is 27.2 Å². The fourth-order valence-corrected chi connectivity index (χ4v) is 4.20. The van der Waals surface area contributed by atoms with Crippen LogP contribution in [0.4, 0.5) is 0 Å². The van der Waals surface area contributed by atoms with Gasteiger partial charge in [0.05, 0.1) is 27.2 Å². The first-order valence-corrected chi connectivity index (χ1v) is 11.8. The molecule has 0 bridgehead atoms. The summed E-state index contributed by atoms with van der Waals surface area (Å²) in [6, 6.07) is 0.0568. The number of rotatable bonds is 17. The van der Waals surface area contributed by atoms with Gasteiger partial charge in [0.25, 0.3) is 0 Å². The lowest BCUT2D eigenvalue weighted by atomic mass is 10.0. The van der Waals surface area contributed by atoms with Crippen LogP contribution >= 0.6 is 0 Å². The number of hydrogen-bond donors (Lipinski definition) is 1. The number of likely N-dealkylation sites (tertiary alicyclic amines) is 1. The summed E-state index contributed by atoms with van der Waals surface area (Å²) in [6.07, 6.45) is 21.1. The second-order valence-corrected chi connectivity index (χ2v) is 9.07. The molecule has 4 nitrogen and oxygen atoms in total. The van der Waals surface area contributed by atoms with E-state index in [1.54, 1.807) is 0 Å². The molecular weight excluding hydrogens is 336 g/mol. The van der Waals surface area contributed by atoms with E-state index in [1.807, 2.05) is 0 Å². The van der Waals surface area contributed by atoms with Crippen LogP contribution in [0, 0.1) is 0 Å². The second kappa shape index (κ2) is 15.3. The third-order valence-electron chi connectivity index (χ3n) is 6.13. The average Bonchev–Trinajstić information content (AvgIpc) is 3.00. The summed E-state index contributed by atoms with van der Waals surface area (Å²) in [4.78, 5) is 17.6. The van der Waals surface area contributed by atoms with E-state index in [1.165, 1.54) is 83.5 Å². The largest absolute Gasteiger partial charge is 0.318 e. The van der Waals surface area contributed by atoms with Gasteiger partial charge in [0.2, 0.25) is 0 Å². The monoisotopic (exact) mass is 383 g/mol. The van der Waals surface area contributed by atoms with Gasteiger partial charge in [-0.15, -0.1) is 0 Å². The van der Waals surface area contributed by atoms with Crippen LogP contribution in [0.5, 0.6) is 0 Å². The van der Waals surface area contributed by atoms with Crippen LogP contribution in [-0.4, -0.2) is 43.7 Å². The lowest BCUT2D eigenvalue weighted by molar-refractivity contribution is -0.893. The molecule has 0 spiro atoms. The molecule has 0 aromatic rings. The van der Waals surface area contributed by atoms with Crippen LogP contribution in [0.2, 0.25) is 0 Å². The predicted octanol–water partition coefficient (Wildman–Crippen LogP) is 5.75. The number of unbranched alkanes of at least 4 members (excludes halogenated alkanes) is 13. The van der Waals surface area contributed by atoms with E-state index in [2.05, 4.69) is 26.5 Å². The highest BCUT2D eigenvalue weighted by Gasteiger charge is 2.39. The Labute approximate surface area is 169 Å². The van der Waals surface area contributed by atoms with E-state index >= 15 is 0 Å². The molecule has 0 aliphatic carbocycles. The molecule has 1 N–H and O–H groups in total. The van der Waals surface area contributed by atoms with Gasteiger partial charge < -0.3 is 4.48 Å². The van der Waals surface area contributed by atoms with Gasteiger partial charge in [-0.25, -0.2) is 5.48 Å². The van der Waals surface area contributed by atoms with Gasteiger partial charge >= 0.3 is 5.91 Å². The van der Waals surface area contributed by atoms with Crippen LogP contribution in [0.15, 0.2) is 0 Å². The fourth-order valence-electron chi connectivity index (χ4n) is 4.20. The molecule has 1 unspecified atom stereocenters. The van der Waals surface area contributed by atoms with E-state index in [0.29, 0.717) is 6.61 Å². The molecular formula is C23H47N2O2+. The van der Waals surface area contributed by atoms with Gasteiger partial charge in [-0.2, -0.15) is 0 Å². The number of carbonyl (C=O) groups excluding carboxylic acids is 1. The minimum Gasteiger partial charge on any atom is -0.318 e. The maximum Gasteiger partial charge on any atom is 0.301 e. The Morgan fingerprint density at radius 1 is 0.852 bits per heavy atom. The van der Waals surface area contributed by atoms with Crippen LogP contribution in [0.3, 0.4) is 0 Å². The maximum atomic E-state index is 12.2. The molecule has 0 aromatic carbocycles. The van der Waals surface area contributed by atoms with Crippen molar-refractivity contribution >= 4 is 5.91 Å². The molecule has 1 aliphatic heterocycles. The Hall–Kier alpha value is -0.610. The molecule has 0 saturated carbocycles. The minimum absolute atomic E-state index is 0.0568. The summed E-state index contributed by atoms with van der Waals surface area (Å²) in [5, 5.41) is 0. The Kier molecular flexibility index (Phi) is 13.9. The number of carbonyl (C=O) groups is 1. The summed E-state index contributed by atoms with van der Waals surface area (Å²) < 4.78 is 0.786. The van der Waals surface area contributed by atoms with Crippen LogP contribution in [0.1, 0.15) is 110 Å². The van der Waals surface area contributed by atoms with Crippen molar-refractivity contribution in [1.82, 2.24) is 5.48 Å². The van der Waals surface area contributed by atoms with E-state index in [-0.39, 0.29) is 11.9 Å². The molecule has 1 aliphatic rings. The number of hydrogen-bond acceptors (Lipinski definition) is 2. The summed E-state index contributed by atoms with van der Waals surface area (Å²) in [6.45, 7) is 4.00. The van der Waals surface area contributed by atoms with Crippen LogP contribution in [0.25, 0.3) is 0 Å². The lowest BCUT2D eigenvalue weighted by Crippen LogP contribution is -2.52. The molecule has 1 amide bonds. The Bertz CT molecular complexity index is 371. The fraction of sp³-hybridized carbons (Fsp3) is 0.957. The summed E-state index contributed by atoms with van der Waals surface area (Å²) in [5.74, 6) is 0.0582. The molecule has 0 aromatic heterocycles. The predicted molar refractivity (Wildman–Crippen MR) is 114 cm³/mol. The number of nitrogens with zero attached hydrogens (tertiary/aromatic N) is 1. The first kappa shape index (κ1) is 24.4. The van der Waals surface area contributed by atoms with Crippen molar-refractivity contribution in [1.29, 1.82) is 0 Å². The van der Waals surface area contributed by atoms with Crippen molar-refractivity contribution in [2.24, 2.45) is 0 Å². The highest BCUT2D eigenvalue weighted by molar-refractivity contribution is 5.79. The normalized spacial score (nSPS) is 18.7. The zero-order valence-electron chi connectivity index (χ0n) is 18.6. The standard InChI is InChI=1S/C23H46N2O2/c1-4-5-6-7-8-9-10-11-12-13-14-15-16-17-21-27-24-23(26)22-19-18-20-25(22,2)3/h22H,4-21H2,1-3H3/p+1. The number of nitrogens with one attached hydrogen (secondary N) is 1. The van der Waals surface area contributed by atoms with Crippen LogP contribution in [-0.2, 0) is 9.63 Å². The van der Waals surface area contributed by atoms with Crippen molar-refractivity contribution in [2.45, 2.75) is 116 Å². The second-order valence-electron chi connectivity index (χ2n) is 9.07. The van der Waals surface area contributed by atoms with E-state index in [9.17, 15) is 4.79 Å². The summed E-state index contributed by atoms with van der Waals surface area (Å²) in [7, 11) is 4.26. The Morgan fingerprint density at radius 3 is 1.78 bits per heavy atom. The van der Waals surface area contributed by atoms with Crippen LogP contribution < -0.4 is 5.48 Å². The number of amides is 1. The highest BCUT2D eigenvalue weighted by Crippen LogP contribution is 2.22. The van der Waals surface area contributed by atoms with Gasteiger partial charge in [0.15, 0.2) is 6.04 Å². The number of likely N-dealkylation sites (N-methyl/N-ethyl adjacent to an activating group) is 1. The molecule has 1 rings (SSSR count). The quantitative estimate of drug-likeness (QED) is 0.197. The highest BCUT2D eigenvalue weighted by atomic mass is 16.6. The van der Waals surface area contributed by atoms with Gasteiger partial charge in [-0.05, 0) is 6.42 Å². The molecule has 160 valence electrons.